The highest BCUT2D eigenvalue weighted by Crippen LogP contribution is 2.34. The van der Waals surface area contributed by atoms with Crippen molar-refractivity contribution in [2.75, 3.05) is 12.0 Å². The minimum absolute atomic E-state index is 0.367. The molecule has 0 fully saturated rings. The Balaban J connectivity index is 2.33. The molecule has 19 heavy (non-hydrogen) atoms. The Hall–Kier alpha value is -1.98. The maximum atomic E-state index is 12.9. The number of hydrogen-bond acceptors (Lipinski definition) is 3. The Labute approximate surface area is 108 Å². The van der Waals surface area contributed by atoms with E-state index in [9.17, 15) is 18.0 Å². The molecule has 0 bridgehead atoms. The average molecular weight is 271 g/mol. The van der Waals surface area contributed by atoms with Gasteiger partial charge in [-0.1, -0.05) is 0 Å². The third-order valence-electron chi connectivity index (χ3n) is 2.90. The summed E-state index contributed by atoms with van der Waals surface area (Å²) in [5.74, 6) is 0.0384. The molecule has 3 nitrogen and oxygen atoms in total. The van der Waals surface area contributed by atoms with Gasteiger partial charge in [0.25, 0.3) is 0 Å². The van der Waals surface area contributed by atoms with E-state index in [1.165, 1.54) is 25.4 Å². The van der Waals surface area contributed by atoms with E-state index in [0.717, 1.165) is 11.0 Å². The molecule has 0 amide bonds. The molecule has 6 heteroatoms. The number of halogens is 3. The maximum Gasteiger partial charge on any atom is 0.409 e. The van der Waals surface area contributed by atoms with Crippen LogP contribution in [0.4, 0.5) is 18.9 Å². The number of methoxy groups -OCH3 is 1. The molecule has 1 heterocycles. The average Bonchev–Trinajstić information content (AvgIpc) is 2.38. The third-order valence-corrected chi connectivity index (χ3v) is 2.90. The van der Waals surface area contributed by atoms with Crippen LogP contribution >= 0.6 is 0 Å². The monoisotopic (exact) mass is 271 g/mol. The van der Waals surface area contributed by atoms with Crippen molar-refractivity contribution in [3.63, 3.8) is 0 Å². The lowest BCUT2D eigenvalue weighted by atomic mass is 10.0. The van der Waals surface area contributed by atoms with Gasteiger partial charge in [0.05, 0.1) is 7.11 Å². The van der Waals surface area contributed by atoms with Gasteiger partial charge in [0, 0.05) is 18.3 Å². The number of rotatable bonds is 2. The molecule has 1 aromatic rings. The summed E-state index contributed by atoms with van der Waals surface area (Å²) >= 11 is 0. The molecular formula is C13H12F3NO2. The highest BCUT2D eigenvalue weighted by atomic mass is 19.4. The lowest BCUT2D eigenvalue weighted by molar-refractivity contribution is -0.153. The zero-order valence-electron chi connectivity index (χ0n) is 10.1. The number of allylic oxidation sites excluding steroid dienone is 1. The van der Waals surface area contributed by atoms with E-state index in [1.54, 1.807) is 12.1 Å². The van der Waals surface area contributed by atoms with Crippen LogP contribution in [0.15, 0.2) is 36.5 Å². The minimum atomic E-state index is -4.46. The second-order valence-electron chi connectivity index (χ2n) is 4.15. The fourth-order valence-corrected chi connectivity index (χ4v) is 1.92. The Bertz CT molecular complexity index is 494. The Morgan fingerprint density at radius 1 is 1.26 bits per heavy atom. The second kappa shape index (κ2) is 4.95. The number of anilines is 1. The van der Waals surface area contributed by atoms with Crippen LogP contribution in [-0.2, 0) is 4.79 Å². The van der Waals surface area contributed by atoms with Crippen LogP contribution in [0, 0.1) is 0 Å². The highest BCUT2D eigenvalue weighted by Gasteiger charge is 2.45. The van der Waals surface area contributed by atoms with E-state index in [2.05, 4.69) is 0 Å². The Morgan fingerprint density at radius 3 is 2.42 bits per heavy atom. The van der Waals surface area contributed by atoms with Crippen molar-refractivity contribution in [1.82, 2.24) is 0 Å². The zero-order valence-corrected chi connectivity index (χ0v) is 10.1. The quantitative estimate of drug-likeness (QED) is 0.828. The number of benzene rings is 1. The van der Waals surface area contributed by atoms with Crippen LogP contribution in [0.2, 0.25) is 0 Å². The SMILES string of the molecule is COc1ccc(N2C=CC(=O)CC2C(F)(F)F)cc1. The molecule has 1 aliphatic heterocycles. The van der Waals surface area contributed by atoms with Crippen molar-refractivity contribution >= 4 is 11.5 Å². The van der Waals surface area contributed by atoms with Crippen LogP contribution < -0.4 is 9.64 Å². The van der Waals surface area contributed by atoms with E-state index in [4.69, 9.17) is 4.74 Å². The van der Waals surface area contributed by atoms with Gasteiger partial charge in [0.1, 0.15) is 11.8 Å². The lowest BCUT2D eigenvalue weighted by Crippen LogP contribution is -2.46. The fourth-order valence-electron chi connectivity index (χ4n) is 1.92. The molecule has 2 rings (SSSR count). The molecule has 0 radical (unpaired) electrons. The van der Waals surface area contributed by atoms with Gasteiger partial charge >= 0.3 is 6.18 Å². The summed E-state index contributed by atoms with van der Waals surface area (Å²) < 4.78 is 43.8. The van der Waals surface area contributed by atoms with Gasteiger partial charge in [-0.05, 0) is 30.3 Å². The van der Waals surface area contributed by atoms with E-state index in [1.807, 2.05) is 0 Å². The molecule has 1 unspecified atom stereocenters. The van der Waals surface area contributed by atoms with Crippen LogP contribution in [0.25, 0.3) is 0 Å². The second-order valence-corrected chi connectivity index (χ2v) is 4.15. The summed E-state index contributed by atoms with van der Waals surface area (Å²) in [5, 5.41) is 0. The molecule has 1 aromatic carbocycles. The summed E-state index contributed by atoms with van der Waals surface area (Å²) in [6, 6.07) is 4.38. The number of alkyl halides is 3. The molecule has 0 spiro atoms. The summed E-state index contributed by atoms with van der Waals surface area (Å²) in [6.45, 7) is 0. The molecule has 1 aliphatic rings. The van der Waals surface area contributed by atoms with E-state index in [0.29, 0.717) is 11.4 Å². The molecular weight excluding hydrogens is 259 g/mol. The normalized spacial score (nSPS) is 19.7. The first-order valence-corrected chi connectivity index (χ1v) is 5.62. The zero-order chi connectivity index (χ0) is 14.0. The summed E-state index contributed by atoms with van der Waals surface area (Å²) in [4.78, 5) is 12.2. The van der Waals surface area contributed by atoms with Crippen molar-refractivity contribution in [1.29, 1.82) is 0 Å². The Kier molecular flexibility index (Phi) is 3.50. The van der Waals surface area contributed by atoms with Crippen LogP contribution in [-0.4, -0.2) is 25.1 Å². The summed E-state index contributed by atoms with van der Waals surface area (Å²) in [5.41, 5.74) is 0.367. The topological polar surface area (TPSA) is 29.5 Å². The standard InChI is InChI=1S/C13H12F3NO2/c1-19-11-4-2-9(3-5-11)17-7-6-10(18)8-12(17)13(14,15)16/h2-7,12H,8H2,1H3. The number of hydrogen-bond donors (Lipinski definition) is 0. The molecule has 0 aliphatic carbocycles. The van der Waals surface area contributed by atoms with Crippen molar-refractivity contribution in [2.45, 2.75) is 18.6 Å². The van der Waals surface area contributed by atoms with Crippen molar-refractivity contribution in [3.05, 3.63) is 36.5 Å². The predicted octanol–water partition coefficient (Wildman–Crippen LogP) is 2.92. The van der Waals surface area contributed by atoms with Gasteiger partial charge < -0.3 is 9.64 Å². The van der Waals surface area contributed by atoms with Crippen LogP contribution in [0.3, 0.4) is 0 Å². The number of carbonyl (C=O) groups excluding carboxylic acids is 1. The van der Waals surface area contributed by atoms with Gasteiger partial charge in [-0.3, -0.25) is 4.79 Å². The lowest BCUT2D eigenvalue weighted by Gasteiger charge is -2.34. The summed E-state index contributed by atoms with van der Waals surface area (Å²) in [7, 11) is 1.48. The number of ketones is 1. The fraction of sp³-hybridized carbons (Fsp3) is 0.308. The van der Waals surface area contributed by atoms with Gasteiger partial charge in [-0.15, -0.1) is 0 Å². The van der Waals surface area contributed by atoms with Gasteiger partial charge in [-0.25, -0.2) is 0 Å². The van der Waals surface area contributed by atoms with Gasteiger partial charge in [-0.2, -0.15) is 13.2 Å². The maximum absolute atomic E-state index is 12.9. The largest absolute Gasteiger partial charge is 0.497 e. The number of nitrogens with zero attached hydrogens (tertiary/aromatic N) is 1. The molecule has 102 valence electrons. The van der Waals surface area contributed by atoms with Crippen molar-refractivity contribution < 1.29 is 22.7 Å². The van der Waals surface area contributed by atoms with E-state index >= 15 is 0 Å². The third kappa shape index (κ3) is 2.89. The first-order valence-electron chi connectivity index (χ1n) is 5.62. The van der Waals surface area contributed by atoms with Crippen LogP contribution in [0.1, 0.15) is 6.42 Å². The van der Waals surface area contributed by atoms with E-state index < -0.39 is 24.4 Å². The van der Waals surface area contributed by atoms with Crippen molar-refractivity contribution in [2.24, 2.45) is 0 Å². The number of carbonyl (C=O) groups is 1. The smallest absolute Gasteiger partial charge is 0.409 e. The van der Waals surface area contributed by atoms with Gasteiger partial charge in [0.2, 0.25) is 0 Å². The number of ether oxygens (including phenoxy) is 1. The summed E-state index contributed by atoms with van der Waals surface area (Å²) in [6.07, 6.45) is -2.69. The van der Waals surface area contributed by atoms with Crippen LogP contribution in [0.5, 0.6) is 5.75 Å². The predicted molar refractivity (Wildman–Crippen MR) is 64.1 cm³/mol. The van der Waals surface area contributed by atoms with E-state index in [-0.39, 0.29) is 0 Å². The molecule has 0 saturated heterocycles. The minimum Gasteiger partial charge on any atom is -0.497 e. The highest BCUT2D eigenvalue weighted by molar-refractivity contribution is 5.92. The molecule has 0 N–H and O–H groups in total. The first-order chi connectivity index (χ1) is 8.91. The first kappa shape index (κ1) is 13.5. The molecule has 0 saturated carbocycles. The molecule has 1 atom stereocenters. The van der Waals surface area contributed by atoms with Crippen molar-refractivity contribution in [3.8, 4) is 5.75 Å². The van der Waals surface area contributed by atoms with Gasteiger partial charge in [0.15, 0.2) is 5.78 Å². The molecule has 0 aromatic heterocycles. The Morgan fingerprint density at radius 2 is 1.89 bits per heavy atom.